The Kier molecular flexibility index (Phi) is 6.65. The maximum atomic E-state index is 13.5. The second-order valence-corrected chi connectivity index (χ2v) is 7.90. The summed E-state index contributed by atoms with van der Waals surface area (Å²) in [6, 6.07) is 1.87. The van der Waals surface area contributed by atoms with Gasteiger partial charge < -0.3 is 5.32 Å². The highest BCUT2D eigenvalue weighted by atomic mass is 32.2. The summed E-state index contributed by atoms with van der Waals surface area (Å²) >= 11 is 0. The minimum Gasteiger partial charge on any atom is -0.362 e. The number of aryl methyl sites for hydroxylation is 1. The molecule has 2 unspecified atom stereocenters. The SMILES string of the molecule is CCC(F)CNS(=O)(=O)c1cnc(NC(C)c2ccnn2C)cc1C(F)(F)F. The molecule has 0 saturated carbocycles. The van der Waals surface area contributed by atoms with E-state index < -0.39 is 45.4 Å². The molecule has 7 nitrogen and oxygen atoms in total. The lowest BCUT2D eigenvalue weighted by Crippen LogP contribution is -2.31. The number of nitrogens with zero attached hydrogens (tertiary/aromatic N) is 3. The van der Waals surface area contributed by atoms with Crippen LogP contribution < -0.4 is 10.0 Å². The Morgan fingerprint density at radius 2 is 2.00 bits per heavy atom. The fourth-order valence-electron chi connectivity index (χ4n) is 2.48. The van der Waals surface area contributed by atoms with Gasteiger partial charge in [-0.2, -0.15) is 18.3 Å². The van der Waals surface area contributed by atoms with Crippen LogP contribution in [-0.2, 0) is 23.2 Å². The Balaban J connectivity index is 2.35. The summed E-state index contributed by atoms with van der Waals surface area (Å²) in [4.78, 5) is 2.74. The van der Waals surface area contributed by atoms with E-state index in [1.807, 2.05) is 4.72 Å². The van der Waals surface area contributed by atoms with E-state index in [0.717, 1.165) is 0 Å². The van der Waals surface area contributed by atoms with E-state index in [2.05, 4.69) is 15.4 Å². The zero-order chi connectivity index (χ0) is 21.1. The van der Waals surface area contributed by atoms with E-state index >= 15 is 0 Å². The molecule has 0 radical (unpaired) electrons. The van der Waals surface area contributed by atoms with Crippen LogP contribution in [0.4, 0.5) is 23.4 Å². The quantitative estimate of drug-likeness (QED) is 0.637. The number of rotatable bonds is 8. The van der Waals surface area contributed by atoms with Gasteiger partial charge in [0.1, 0.15) is 16.9 Å². The van der Waals surface area contributed by atoms with Gasteiger partial charge in [0.2, 0.25) is 10.0 Å². The van der Waals surface area contributed by atoms with Crippen LogP contribution in [0.15, 0.2) is 29.4 Å². The first-order valence-electron chi connectivity index (χ1n) is 8.41. The zero-order valence-corrected chi connectivity index (χ0v) is 16.3. The molecule has 0 spiro atoms. The van der Waals surface area contributed by atoms with Crippen molar-refractivity contribution >= 4 is 15.8 Å². The predicted molar refractivity (Wildman–Crippen MR) is 94.9 cm³/mol. The Hall–Kier alpha value is -2.21. The predicted octanol–water partition coefficient (Wildman–Crippen LogP) is 3.03. The van der Waals surface area contributed by atoms with Crippen molar-refractivity contribution in [2.24, 2.45) is 7.05 Å². The molecule has 2 atom stereocenters. The maximum Gasteiger partial charge on any atom is 0.417 e. The number of aromatic nitrogens is 3. The van der Waals surface area contributed by atoms with E-state index in [1.54, 1.807) is 24.7 Å². The molecule has 28 heavy (non-hydrogen) atoms. The van der Waals surface area contributed by atoms with E-state index in [1.165, 1.54) is 13.1 Å². The summed E-state index contributed by atoms with van der Waals surface area (Å²) in [6.07, 6.45) is -4.26. The maximum absolute atomic E-state index is 13.5. The van der Waals surface area contributed by atoms with E-state index in [9.17, 15) is 26.0 Å². The molecule has 0 saturated heterocycles. The topological polar surface area (TPSA) is 88.9 Å². The second-order valence-electron chi connectivity index (χ2n) is 6.17. The van der Waals surface area contributed by atoms with Crippen LogP contribution in [0.2, 0.25) is 0 Å². The minimum atomic E-state index is -4.95. The van der Waals surface area contributed by atoms with Gasteiger partial charge in [-0.3, -0.25) is 4.68 Å². The first-order chi connectivity index (χ1) is 13.0. The smallest absolute Gasteiger partial charge is 0.362 e. The van der Waals surface area contributed by atoms with Crippen LogP contribution in [0.1, 0.15) is 37.6 Å². The van der Waals surface area contributed by atoms with Crippen molar-refractivity contribution in [2.75, 3.05) is 11.9 Å². The van der Waals surface area contributed by atoms with Crippen LogP contribution in [0.25, 0.3) is 0 Å². The average Bonchev–Trinajstić information content (AvgIpc) is 3.05. The zero-order valence-electron chi connectivity index (χ0n) is 15.5. The van der Waals surface area contributed by atoms with Crippen molar-refractivity contribution in [3.63, 3.8) is 0 Å². The van der Waals surface area contributed by atoms with Crippen molar-refractivity contribution in [3.05, 3.63) is 35.8 Å². The number of hydrogen-bond acceptors (Lipinski definition) is 5. The summed E-state index contributed by atoms with van der Waals surface area (Å²) in [5.74, 6) is -0.156. The summed E-state index contributed by atoms with van der Waals surface area (Å²) < 4.78 is 81.6. The molecule has 0 aliphatic carbocycles. The average molecular weight is 423 g/mol. The molecule has 0 aliphatic heterocycles. The van der Waals surface area contributed by atoms with Gasteiger partial charge >= 0.3 is 6.18 Å². The highest BCUT2D eigenvalue weighted by Gasteiger charge is 2.38. The van der Waals surface area contributed by atoms with Gasteiger partial charge in [-0.1, -0.05) is 6.92 Å². The lowest BCUT2D eigenvalue weighted by Gasteiger charge is -2.18. The minimum absolute atomic E-state index is 0.0294. The van der Waals surface area contributed by atoms with Crippen molar-refractivity contribution < 1.29 is 26.0 Å². The normalized spacial score (nSPS) is 14.7. The Morgan fingerprint density at radius 1 is 1.32 bits per heavy atom. The molecule has 0 bridgehead atoms. The number of alkyl halides is 4. The number of anilines is 1. The summed E-state index contributed by atoms with van der Waals surface area (Å²) in [6.45, 7) is 2.57. The lowest BCUT2D eigenvalue weighted by molar-refractivity contribution is -0.139. The highest BCUT2D eigenvalue weighted by Crippen LogP contribution is 2.35. The molecule has 12 heteroatoms. The number of sulfonamides is 1. The molecule has 0 amide bonds. The van der Waals surface area contributed by atoms with Gasteiger partial charge in [0.05, 0.1) is 17.3 Å². The van der Waals surface area contributed by atoms with Crippen LogP contribution in [-0.4, -0.2) is 35.9 Å². The molecule has 2 rings (SSSR count). The van der Waals surface area contributed by atoms with E-state index in [0.29, 0.717) is 18.0 Å². The number of halogens is 4. The van der Waals surface area contributed by atoms with E-state index in [-0.39, 0.29) is 12.2 Å². The number of nitrogens with one attached hydrogen (secondary N) is 2. The van der Waals surface area contributed by atoms with Gasteiger partial charge in [0, 0.05) is 26.0 Å². The van der Waals surface area contributed by atoms with Gasteiger partial charge in [-0.25, -0.2) is 22.5 Å². The third-order valence-corrected chi connectivity index (χ3v) is 5.52. The summed E-state index contributed by atoms with van der Waals surface area (Å²) in [5.41, 5.74) is -0.691. The molecule has 2 aromatic heterocycles. The number of pyridine rings is 1. The van der Waals surface area contributed by atoms with Crippen molar-refractivity contribution in [1.82, 2.24) is 19.5 Å². The van der Waals surface area contributed by atoms with Crippen LogP contribution in [0.3, 0.4) is 0 Å². The summed E-state index contributed by atoms with van der Waals surface area (Å²) in [5, 5.41) is 6.77. The van der Waals surface area contributed by atoms with Crippen molar-refractivity contribution in [2.45, 2.75) is 43.6 Å². The third-order valence-electron chi connectivity index (χ3n) is 4.07. The van der Waals surface area contributed by atoms with Crippen LogP contribution >= 0.6 is 0 Å². The Labute approximate surface area is 160 Å². The molecule has 2 N–H and O–H groups in total. The fourth-order valence-corrected chi connectivity index (χ4v) is 3.70. The largest absolute Gasteiger partial charge is 0.417 e. The molecule has 156 valence electrons. The van der Waals surface area contributed by atoms with Gasteiger partial charge in [0.15, 0.2) is 0 Å². The van der Waals surface area contributed by atoms with Gasteiger partial charge in [0.25, 0.3) is 0 Å². The first-order valence-corrected chi connectivity index (χ1v) is 9.89. The monoisotopic (exact) mass is 423 g/mol. The molecular formula is C16H21F4N5O2S. The van der Waals surface area contributed by atoms with Gasteiger partial charge in [-0.05, 0) is 25.5 Å². The van der Waals surface area contributed by atoms with Crippen molar-refractivity contribution in [3.8, 4) is 0 Å². The summed E-state index contributed by atoms with van der Waals surface area (Å²) in [7, 11) is -2.91. The van der Waals surface area contributed by atoms with Crippen molar-refractivity contribution in [1.29, 1.82) is 0 Å². The molecular weight excluding hydrogens is 402 g/mol. The molecule has 0 fully saturated rings. The Morgan fingerprint density at radius 3 is 2.54 bits per heavy atom. The fraction of sp³-hybridized carbons (Fsp3) is 0.500. The third kappa shape index (κ3) is 5.19. The van der Waals surface area contributed by atoms with Crippen LogP contribution in [0.5, 0.6) is 0 Å². The first kappa shape index (κ1) is 22.1. The second kappa shape index (κ2) is 8.43. The lowest BCUT2D eigenvalue weighted by atomic mass is 10.2. The Bertz CT molecular complexity index is 914. The molecule has 0 aromatic carbocycles. The molecule has 0 aliphatic rings. The van der Waals surface area contributed by atoms with E-state index in [4.69, 9.17) is 0 Å². The van der Waals surface area contributed by atoms with Crippen LogP contribution in [0, 0.1) is 0 Å². The molecule has 2 heterocycles. The highest BCUT2D eigenvalue weighted by molar-refractivity contribution is 7.89. The van der Waals surface area contributed by atoms with Gasteiger partial charge in [-0.15, -0.1) is 0 Å². The standard InChI is InChI=1S/C16H21F4N5O2S/c1-4-11(17)8-23-28(26,27)14-9-21-15(7-12(14)16(18,19)20)24-10(2)13-5-6-22-25(13)3/h5-7,9-11,23H,4,8H2,1-3H3,(H,21,24). The molecule has 2 aromatic rings. The number of hydrogen-bond donors (Lipinski definition) is 2.